The second kappa shape index (κ2) is 71.0. The van der Waals surface area contributed by atoms with Gasteiger partial charge in [0.1, 0.15) is 13.2 Å². The van der Waals surface area contributed by atoms with Crippen LogP contribution in [0, 0.1) is 0 Å². The summed E-state index contributed by atoms with van der Waals surface area (Å²) in [6.45, 7) is 4.87. The molecule has 0 aromatic heterocycles. The maximum atomic E-state index is 13.1. The Morgan fingerprint density at radius 1 is 0.382 bits per heavy atom. The van der Waals surface area contributed by atoms with Crippen LogP contribution in [0.3, 0.4) is 0 Å². The molecular weight excluding hydrogens is 1120 g/mol. The van der Waals surface area contributed by atoms with Crippen LogP contribution in [0.4, 0.5) is 0 Å². The van der Waals surface area contributed by atoms with Crippen LogP contribution < -0.4 is 5.32 Å². The molecule has 0 aromatic rings. The van der Waals surface area contributed by atoms with Crippen LogP contribution in [0.1, 0.15) is 418 Å². The third kappa shape index (κ3) is 74.0. The predicted molar refractivity (Wildman–Crippen MR) is 392 cm³/mol. The fourth-order valence-corrected chi connectivity index (χ4v) is 13.2. The number of phosphoric ester groups is 1. The van der Waals surface area contributed by atoms with Gasteiger partial charge in [-0.25, -0.2) is 4.57 Å². The molecule has 3 N–H and O–H groups in total. The first-order valence-corrected chi connectivity index (χ1v) is 41.4. The van der Waals surface area contributed by atoms with E-state index in [1.54, 1.807) is 6.08 Å². The molecule has 1 amide bonds. The van der Waals surface area contributed by atoms with Gasteiger partial charge in [-0.2, -0.15) is 0 Å². The third-order valence-electron chi connectivity index (χ3n) is 18.6. The number of allylic oxidation sites excluding steroid dienone is 5. The summed E-state index contributed by atoms with van der Waals surface area (Å²) in [6.07, 6.45) is 96.3. The number of carbonyl (C=O) groups is 1. The number of hydrogen-bond acceptors (Lipinski definition) is 5. The lowest BCUT2D eigenvalue weighted by molar-refractivity contribution is -0.870. The van der Waals surface area contributed by atoms with E-state index in [0.717, 1.165) is 38.5 Å². The zero-order chi connectivity index (χ0) is 64.8. The number of quaternary nitrogens is 1. The molecule has 0 aromatic carbocycles. The largest absolute Gasteiger partial charge is 0.472 e. The lowest BCUT2D eigenvalue weighted by Gasteiger charge is -2.25. The van der Waals surface area contributed by atoms with Crippen LogP contribution >= 0.6 is 7.82 Å². The molecule has 0 saturated carbocycles. The van der Waals surface area contributed by atoms with Gasteiger partial charge >= 0.3 is 7.82 Å². The van der Waals surface area contributed by atoms with E-state index in [-0.39, 0.29) is 19.1 Å². The maximum absolute atomic E-state index is 13.1. The van der Waals surface area contributed by atoms with E-state index >= 15 is 0 Å². The number of aliphatic hydroxyl groups excluding tert-OH is 1. The molecule has 0 rings (SSSR count). The van der Waals surface area contributed by atoms with E-state index in [2.05, 4.69) is 43.5 Å². The minimum atomic E-state index is -4.35. The molecular formula is C80H158N2O6P+. The molecule has 0 aliphatic carbocycles. The summed E-state index contributed by atoms with van der Waals surface area (Å²) in [5.74, 6) is -0.167. The van der Waals surface area contributed by atoms with E-state index < -0.39 is 20.0 Å². The van der Waals surface area contributed by atoms with Crippen LogP contribution in [-0.4, -0.2) is 73.4 Å². The Morgan fingerprint density at radius 3 is 0.921 bits per heavy atom. The molecule has 0 aliphatic heterocycles. The molecule has 0 aliphatic rings. The predicted octanol–water partition coefficient (Wildman–Crippen LogP) is 26.0. The number of carbonyl (C=O) groups excluding carboxylic acids is 1. The Bertz CT molecular complexity index is 1550. The highest BCUT2D eigenvalue weighted by Gasteiger charge is 2.28. The molecule has 0 spiro atoms. The molecule has 89 heavy (non-hydrogen) atoms. The summed E-state index contributed by atoms with van der Waals surface area (Å²) < 4.78 is 23.9. The quantitative estimate of drug-likeness (QED) is 0.0243. The van der Waals surface area contributed by atoms with Gasteiger partial charge in [0.2, 0.25) is 5.91 Å². The van der Waals surface area contributed by atoms with Crippen molar-refractivity contribution in [3.63, 3.8) is 0 Å². The number of phosphoric acid groups is 1. The summed E-state index contributed by atoms with van der Waals surface area (Å²) in [6, 6.07) is -0.846. The summed E-state index contributed by atoms with van der Waals surface area (Å²) in [7, 11) is 1.60. The van der Waals surface area contributed by atoms with Gasteiger partial charge in [0.15, 0.2) is 0 Å². The van der Waals surface area contributed by atoms with Crippen LogP contribution in [0.15, 0.2) is 36.5 Å². The average molecular weight is 1280 g/mol. The lowest BCUT2D eigenvalue weighted by Crippen LogP contribution is -2.45. The monoisotopic (exact) mass is 1270 g/mol. The van der Waals surface area contributed by atoms with Crippen LogP contribution in [0.5, 0.6) is 0 Å². The van der Waals surface area contributed by atoms with Gasteiger partial charge in [0.05, 0.1) is 39.9 Å². The minimum absolute atomic E-state index is 0.0645. The van der Waals surface area contributed by atoms with Crippen molar-refractivity contribution in [1.82, 2.24) is 5.32 Å². The first-order chi connectivity index (χ1) is 43.5. The molecule has 8 nitrogen and oxygen atoms in total. The zero-order valence-electron chi connectivity index (χ0n) is 60.7. The van der Waals surface area contributed by atoms with E-state index in [9.17, 15) is 19.4 Å². The Hall–Kier alpha value is -1.28. The lowest BCUT2D eigenvalue weighted by atomic mass is 10.0. The third-order valence-corrected chi connectivity index (χ3v) is 19.6. The molecule has 0 heterocycles. The van der Waals surface area contributed by atoms with E-state index in [1.807, 2.05) is 27.2 Å². The second-order valence-corrected chi connectivity index (χ2v) is 30.3. The fraction of sp³-hybridized carbons (Fsp3) is 0.912. The van der Waals surface area contributed by atoms with Gasteiger partial charge in [0, 0.05) is 6.42 Å². The number of amides is 1. The first-order valence-electron chi connectivity index (χ1n) is 39.9. The highest BCUT2D eigenvalue weighted by Crippen LogP contribution is 2.43. The molecule has 3 unspecified atom stereocenters. The Balaban J connectivity index is 3.90. The Morgan fingerprint density at radius 2 is 0.640 bits per heavy atom. The van der Waals surface area contributed by atoms with E-state index in [4.69, 9.17) is 9.05 Å². The fourth-order valence-electron chi connectivity index (χ4n) is 12.4. The normalized spacial score (nSPS) is 13.7. The Labute approximate surface area is 557 Å². The smallest absolute Gasteiger partial charge is 0.387 e. The molecule has 0 bridgehead atoms. The van der Waals surface area contributed by atoms with Gasteiger partial charge in [0.25, 0.3) is 0 Å². The Kier molecular flexibility index (Phi) is 70.0. The number of nitrogens with one attached hydrogen (secondary N) is 1. The van der Waals surface area contributed by atoms with E-state index in [0.29, 0.717) is 17.4 Å². The van der Waals surface area contributed by atoms with Crippen molar-refractivity contribution < 1.29 is 32.9 Å². The van der Waals surface area contributed by atoms with Gasteiger partial charge in [-0.3, -0.25) is 13.8 Å². The first kappa shape index (κ1) is 87.7. The topological polar surface area (TPSA) is 105 Å². The second-order valence-electron chi connectivity index (χ2n) is 28.8. The summed E-state index contributed by atoms with van der Waals surface area (Å²) in [4.78, 5) is 23.5. The minimum Gasteiger partial charge on any atom is -0.387 e. The van der Waals surface area contributed by atoms with Crippen LogP contribution in [0.25, 0.3) is 0 Å². The SMILES string of the molecule is CCCCCCC/C=C\C/C=C\CCCCCCCCCCCCCCCCCCCCCCCCCCCCCCCC(=O)NC(COP(=O)(O)OCC[N+](C)(C)C)C(O)/C=C/CCCCCCCCCCCCCCCCCCCCCCCCCC. The van der Waals surface area contributed by atoms with Gasteiger partial charge < -0.3 is 19.8 Å². The van der Waals surface area contributed by atoms with Crippen molar-refractivity contribution in [2.75, 3.05) is 40.9 Å². The van der Waals surface area contributed by atoms with Crippen LogP contribution in [0.2, 0.25) is 0 Å². The summed E-state index contributed by atoms with van der Waals surface area (Å²) in [5.41, 5.74) is 0. The van der Waals surface area contributed by atoms with Crippen molar-refractivity contribution in [3.05, 3.63) is 36.5 Å². The molecule has 0 saturated heterocycles. The highest BCUT2D eigenvalue weighted by atomic mass is 31.2. The van der Waals surface area contributed by atoms with Crippen molar-refractivity contribution in [2.45, 2.75) is 431 Å². The number of likely N-dealkylation sites (N-methyl/N-ethyl adjacent to an activating group) is 1. The molecule has 9 heteroatoms. The van der Waals surface area contributed by atoms with Crippen molar-refractivity contribution >= 4 is 13.7 Å². The average Bonchev–Trinajstić information content (AvgIpc) is 3.61. The standard InChI is InChI=1S/C80H157N2O6P/c1-6-8-10-12-14-16-18-20-22-24-26-28-30-32-34-35-36-37-38-39-40-41-42-43-44-45-46-47-48-50-52-54-56-58-60-62-64-66-68-70-72-74-80(84)81-78(77-88-89(85,86)87-76-75-82(3,4)5)79(83)73-71-69-67-65-63-61-59-57-55-53-51-49-33-31-29-27-25-23-21-19-17-15-13-11-9-7-2/h18,20,24,26,71,73,78-79,83H,6-17,19,21-23,25,27-70,72,74-77H2,1-5H3,(H-,81,84,85,86)/p+1/b20-18-,26-24-,73-71+. The maximum Gasteiger partial charge on any atom is 0.472 e. The number of rotatable bonds is 75. The highest BCUT2D eigenvalue weighted by molar-refractivity contribution is 7.47. The number of hydrogen-bond donors (Lipinski definition) is 3. The van der Waals surface area contributed by atoms with Crippen molar-refractivity contribution in [3.8, 4) is 0 Å². The molecule has 528 valence electrons. The van der Waals surface area contributed by atoms with Gasteiger partial charge in [-0.15, -0.1) is 0 Å². The number of unbranched alkanes of at least 4 members (excludes halogenated alkanes) is 58. The molecule has 0 radical (unpaired) electrons. The van der Waals surface area contributed by atoms with Crippen molar-refractivity contribution in [1.29, 1.82) is 0 Å². The molecule has 3 atom stereocenters. The van der Waals surface area contributed by atoms with Gasteiger partial charge in [-0.05, 0) is 51.4 Å². The summed E-state index contributed by atoms with van der Waals surface area (Å²) >= 11 is 0. The number of aliphatic hydroxyl groups is 1. The van der Waals surface area contributed by atoms with Crippen LogP contribution in [-0.2, 0) is 18.4 Å². The van der Waals surface area contributed by atoms with Crippen molar-refractivity contribution in [2.24, 2.45) is 0 Å². The van der Waals surface area contributed by atoms with E-state index in [1.165, 1.54) is 360 Å². The van der Waals surface area contributed by atoms with Gasteiger partial charge in [-0.1, -0.05) is 397 Å². The summed E-state index contributed by atoms with van der Waals surface area (Å²) in [5, 5.41) is 14.1. The zero-order valence-corrected chi connectivity index (χ0v) is 61.6. The number of nitrogens with zero attached hydrogens (tertiary/aromatic N) is 1. The molecule has 0 fully saturated rings.